The Hall–Kier alpha value is -0.530. The van der Waals surface area contributed by atoms with Crippen LogP contribution in [0.1, 0.15) is 46.0 Å². The molecule has 1 fully saturated rings. The Labute approximate surface area is 74.3 Å². The fourth-order valence-corrected chi connectivity index (χ4v) is 2.01. The van der Waals surface area contributed by atoms with Crippen molar-refractivity contribution in [1.29, 1.82) is 0 Å². The quantitative estimate of drug-likeness (QED) is 0.595. The van der Waals surface area contributed by atoms with Crippen LogP contribution in [-0.4, -0.2) is 12.1 Å². The lowest BCUT2D eigenvalue weighted by Gasteiger charge is -2.29. The van der Waals surface area contributed by atoms with Crippen molar-refractivity contribution in [3.63, 3.8) is 0 Å². The maximum Gasteiger partial charge on any atom is 0.302 e. The Balaban J connectivity index is 2.41. The molecule has 1 aliphatic rings. The van der Waals surface area contributed by atoms with Crippen LogP contribution in [-0.2, 0) is 9.53 Å². The lowest BCUT2D eigenvalue weighted by atomic mass is 9.85. The van der Waals surface area contributed by atoms with Gasteiger partial charge in [-0.1, -0.05) is 13.3 Å². The van der Waals surface area contributed by atoms with Crippen molar-refractivity contribution in [2.24, 2.45) is 5.92 Å². The highest BCUT2D eigenvalue weighted by Gasteiger charge is 2.25. The molecular formula is C10H18O2. The van der Waals surface area contributed by atoms with Crippen LogP contribution in [0.2, 0.25) is 0 Å². The third-order valence-electron chi connectivity index (χ3n) is 2.68. The van der Waals surface area contributed by atoms with Gasteiger partial charge in [0, 0.05) is 6.92 Å². The highest BCUT2D eigenvalue weighted by molar-refractivity contribution is 5.66. The van der Waals surface area contributed by atoms with Gasteiger partial charge in [-0.2, -0.15) is 0 Å². The summed E-state index contributed by atoms with van der Waals surface area (Å²) in [6.45, 7) is 3.67. The lowest BCUT2D eigenvalue weighted by Crippen LogP contribution is -2.28. The topological polar surface area (TPSA) is 26.3 Å². The Morgan fingerprint density at radius 2 is 2.08 bits per heavy atom. The molecule has 0 N–H and O–H groups in total. The summed E-state index contributed by atoms with van der Waals surface area (Å²) in [6.07, 6.45) is 6.16. The second kappa shape index (κ2) is 4.48. The van der Waals surface area contributed by atoms with Gasteiger partial charge in [0.2, 0.25) is 0 Å². The zero-order chi connectivity index (χ0) is 8.97. The third-order valence-corrected chi connectivity index (χ3v) is 2.68. The average Bonchev–Trinajstić information content (AvgIpc) is 2.04. The van der Waals surface area contributed by atoms with Gasteiger partial charge in [-0.3, -0.25) is 4.79 Å². The summed E-state index contributed by atoms with van der Waals surface area (Å²) in [7, 11) is 0. The van der Waals surface area contributed by atoms with E-state index in [2.05, 4.69) is 6.92 Å². The highest BCUT2D eigenvalue weighted by Crippen LogP contribution is 2.28. The van der Waals surface area contributed by atoms with E-state index in [0.29, 0.717) is 5.92 Å². The Morgan fingerprint density at radius 3 is 2.67 bits per heavy atom. The number of rotatable bonds is 2. The minimum atomic E-state index is -0.125. The predicted octanol–water partition coefficient (Wildman–Crippen LogP) is 2.52. The van der Waals surface area contributed by atoms with Crippen molar-refractivity contribution in [2.75, 3.05) is 0 Å². The van der Waals surface area contributed by atoms with Gasteiger partial charge in [-0.05, 0) is 31.6 Å². The van der Waals surface area contributed by atoms with Crippen molar-refractivity contribution >= 4 is 5.97 Å². The van der Waals surface area contributed by atoms with E-state index in [1.807, 2.05) is 0 Å². The van der Waals surface area contributed by atoms with Crippen LogP contribution in [0, 0.1) is 5.92 Å². The minimum Gasteiger partial charge on any atom is -0.462 e. The van der Waals surface area contributed by atoms with Gasteiger partial charge in [0.05, 0.1) is 0 Å². The van der Waals surface area contributed by atoms with Crippen LogP contribution >= 0.6 is 0 Å². The average molecular weight is 170 g/mol. The van der Waals surface area contributed by atoms with Crippen LogP contribution in [0.15, 0.2) is 0 Å². The van der Waals surface area contributed by atoms with E-state index in [9.17, 15) is 4.79 Å². The molecule has 2 nitrogen and oxygen atoms in total. The van der Waals surface area contributed by atoms with Gasteiger partial charge in [-0.25, -0.2) is 0 Å². The van der Waals surface area contributed by atoms with E-state index in [1.165, 1.54) is 26.2 Å². The first kappa shape index (κ1) is 9.56. The van der Waals surface area contributed by atoms with Gasteiger partial charge in [0.15, 0.2) is 0 Å². The van der Waals surface area contributed by atoms with E-state index < -0.39 is 0 Å². The van der Waals surface area contributed by atoms with Crippen LogP contribution in [0.25, 0.3) is 0 Å². The Morgan fingerprint density at radius 1 is 1.42 bits per heavy atom. The molecule has 0 aliphatic heterocycles. The molecule has 0 aromatic carbocycles. The first-order valence-electron chi connectivity index (χ1n) is 4.91. The molecule has 0 radical (unpaired) electrons. The molecule has 1 aliphatic carbocycles. The van der Waals surface area contributed by atoms with Crippen LogP contribution in [0.4, 0.5) is 0 Å². The normalized spacial score (nSPS) is 29.8. The van der Waals surface area contributed by atoms with Crippen LogP contribution in [0.5, 0.6) is 0 Å². The number of esters is 1. The fourth-order valence-electron chi connectivity index (χ4n) is 2.01. The number of carbonyl (C=O) groups excluding carboxylic acids is 1. The van der Waals surface area contributed by atoms with Gasteiger partial charge in [0.25, 0.3) is 0 Å². The summed E-state index contributed by atoms with van der Waals surface area (Å²) < 4.78 is 5.26. The number of carbonyl (C=O) groups is 1. The monoisotopic (exact) mass is 170 g/mol. The van der Waals surface area contributed by atoms with Crippen molar-refractivity contribution in [1.82, 2.24) is 0 Å². The number of hydrogen-bond donors (Lipinski definition) is 0. The molecule has 0 heterocycles. The molecule has 1 rings (SSSR count). The molecule has 0 spiro atoms. The molecule has 0 aromatic heterocycles. The van der Waals surface area contributed by atoms with Crippen molar-refractivity contribution < 1.29 is 9.53 Å². The Kier molecular flexibility index (Phi) is 3.57. The molecule has 70 valence electrons. The smallest absolute Gasteiger partial charge is 0.302 e. The molecular weight excluding hydrogens is 152 g/mol. The first-order valence-corrected chi connectivity index (χ1v) is 4.91. The third kappa shape index (κ3) is 2.50. The van der Waals surface area contributed by atoms with E-state index in [4.69, 9.17) is 4.74 Å². The molecule has 2 heteroatoms. The van der Waals surface area contributed by atoms with Crippen molar-refractivity contribution in [2.45, 2.75) is 52.1 Å². The van der Waals surface area contributed by atoms with Crippen molar-refractivity contribution in [3.8, 4) is 0 Å². The SMILES string of the molecule is CC[C@H]1CCCC[C@H]1OC(C)=O. The molecule has 0 bridgehead atoms. The van der Waals surface area contributed by atoms with Gasteiger partial charge < -0.3 is 4.74 Å². The second-order valence-electron chi connectivity index (χ2n) is 3.60. The lowest BCUT2D eigenvalue weighted by molar-refractivity contribution is -0.150. The maximum absolute atomic E-state index is 10.8. The van der Waals surface area contributed by atoms with Gasteiger partial charge >= 0.3 is 5.97 Å². The summed E-state index contributed by atoms with van der Waals surface area (Å²) in [5.41, 5.74) is 0. The van der Waals surface area contributed by atoms with E-state index in [1.54, 1.807) is 0 Å². The molecule has 12 heavy (non-hydrogen) atoms. The van der Waals surface area contributed by atoms with E-state index in [0.717, 1.165) is 12.8 Å². The van der Waals surface area contributed by atoms with Gasteiger partial charge in [0.1, 0.15) is 6.10 Å². The molecule has 0 unspecified atom stereocenters. The first-order chi connectivity index (χ1) is 5.74. The number of hydrogen-bond acceptors (Lipinski definition) is 2. The zero-order valence-electron chi connectivity index (χ0n) is 8.01. The molecule has 1 saturated carbocycles. The summed E-state index contributed by atoms with van der Waals surface area (Å²) in [4.78, 5) is 10.8. The standard InChI is InChI=1S/C10H18O2/c1-3-9-6-4-5-7-10(9)12-8(2)11/h9-10H,3-7H2,1-2H3/t9-,10+/m0/s1. The Bertz CT molecular complexity index is 154. The fraction of sp³-hybridized carbons (Fsp3) is 0.900. The predicted molar refractivity (Wildman–Crippen MR) is 47.8 cm³/mol. The summed E-state index contributed by atoms with van der Waals surface area (Å²) in [5.74, 6) is 0.489. The van der Waals surface area contributed by atoms with Crippen LogP contribution in [0.3, 0.4) is 0 Å². The maximum atomic E-state index is 10.8. The molecule has 0 amide bonds. The van der Waals surface area contributed by atoms with E-state index in [-0.39, 0.29) is 12.1 Å². The number of ether oxygens (including phenoxy) is 1. The van der Waals surface area contributed by atoms with Crippen molar-refractivity contribution in [3.05, 3.63) is 0 Å². The molecule has 0 saturated heterocycles. The van der Waals surface area contributed by atoms with E-state index >= 15 is 0 Å². The molecule has 0 aromatic rings. The largest absolute Gasteiger partial charge is 0.462 e. The van der Waals surface area contributed by atoms with Crippen LogP contribution < -0.4 is 0 Å². The minimum absolute atomic E-state index is 0.125. The summed E-state index contributed by atoms with van der Waals surface area (Å²) >= 11 is 0. The zero-order valence-corrected chi connectivity index (χ0v) is 8.01. The summed E-state index contributed by atoms with van der Waals surface area (Å²) in [5, 5.41) is 0. The van der Waals surface area contributed by atoms with Gasteiger partial charge in [-0.15, -0.1) is 0 Å². The molecule has 2 atom stereocenters. The highest BCUT2D eigenvalue weighted by atomic mass is 16.5. The second-order valence-corrected chi connectivity index (χ2v) is 3.60. The summed E-state index contributed by atoms with van der Waals surface area (Å²) in [6, 6.07) is 0.